The van der Waals surface area contributed by atoms with Gasteiger partial charge in [-0.15, -0.1) is 0 Å². The van der Waals surface area contributed by atoms with E-state index in [1.54, 1.807) is 0 Å². The fourth-order valence-corrected chi connectivity index (χ4v) is 1.00. The van der Waals surface area contributed by atoms with Gasteiger partial charge < -0.3 is 24.8 Å². The monoisotopic (exact) mass is 165 g/mol. The zero-order valence-corrected chi connectivity index (χ0v) is 5.88. The summed E-state index contributed by atoms with van der Waals surface area (Å²) in [4.78, 5) is 0. The summed E-state index contributed by atoms with van der Waals surface area (Å²) in [5.74, 6) is 0. The van der Waals surface area contributed by atoms with Crippen LogP contribution in [0, 0.1) is 0 Å². The van der Waals surface area contributed by atoms with Crippen LogP contribution in [0.2, 0.25) is 0 Å². The Hall–Kier alpha value is -0.200. The highest BCUT2D eigenvalue weighted by atomic mass is 16.7. The minimum Gasteiger partial charge on any atom is -0.394 e. The van der Waals surface area contributed by atoms with Gasteiger partial charge >= 0.3 is 0 Å². The molecular weight excluding hydrogens is 152 g/mol. The molecular formula is C6H12O5. The predicted octanol–water partition coefficient (Wildman–Crippen LogP) is -1.93. The van der Waals surface area contributed by atoms with Crippen LogP contribution in [0.3, 0.4) is 0 Å². The molecule has 0 aromatic carbocycles. The maximum absolute atomic E-state index is 9.20. The summed E-state index contributed by atoms with van der Waals surface area (Å²) >= 11 is 0. The van der Waals surface area contributed by atoms with Crippen molar-refractivity contribution in [1.29, 1.82) is 0 Å². The van der Waals surface area contributed by atoms with Crippen molar-refractivity contribution in [2.75, 3.05) is 13.7 Å². The molecule has 0 saturated carbocycles. The van der Waals surface area contributed by atoms with Crippen molar-refractivity contribution >= 4 is 0 Å². The first-order valence-electron chi connectivity index (χ1n) is 3.94. The molecule has 0 spiro atoms. The molecule has 0 aromatic rings. The Morgan fingerprint density at radius 2 is 2.27 bits per heavy atom. The molecule has 1 saturated heterocycles. The first kappa shape index (κ1) is 7.45. The maximum Gasteiger partial charge on any atom is 0.186 e. The average Bonchev–Trinajstić information content (AvgIpc) is 2.33. The third-order valence-corrected chi connectivity index (χ3v) is 1.66. The molecule has 1 heterocycles. The Labute approximate surface area is 65.6 Å². The molecule has 0 bridgehead atoms. The normalized spacial score (nSPS) is 45.9. The zero-order chi connectivity index (χ0) is 9.14. The third-order valence-electron chi connectivity index (χ3n) is 1.66. The molecule has 0 aliphatic carbocycles. The number of aliphatic hydroxyl groups is 3. The van der Waals surface area contributed by atoms with Crippen LogP contribution in [0.15, 0.2) is 0 Å². The Balaban J connectivity index is 2.48. The largest absolute Gasteiger partial charge is 0.394 e. The van der Waals surface area contributed by atoms with Crippen LogP contribution in [0.25, 0.3) is 0 Å². The van der Waals surface area contributed by atoms with Crippen LogP contribution in [0.1, 0.15) is 1.37 Å². The van der Waals surface area contributed by atoms with Gasteiger partial charge in [-0.3, -0.25) is 0 Å². The Kier molecular flexibility index (Phi) is 2.35. The van der Waals surface area contributed by atoms with Gasteiger partial charge in [0.2, 0.25) is 0 Å². The first-order chi connectivity index (χ1) is 5.70. The second kappa shape index (κ2) is 3.46. The molecule has 0 amide bonds. The van der Waals surface area contributed by atoms with E-state index in [4.69, 9.17) is 11.2 Å². The molecule has 5 heteroatoms. The lowest BCUT2D eigenvalue weighted by atomic mass is 10.1. The van der Waals surface area contributed by atoms with Crippen molar-refractivity contribution in [3.8, 4) is 0 Å². The predicted molar refractivity (Wildman–Crippen MR) is 34.8 cm³/mol. The van der Waals surface area contributed by atoms with Gasteiger partial charge in [-0.05, 0) is 0 Å². The van der Waals surface area contributed by atoms with Crippen LogP contribution in [0.5, 0.6) is 0 Å². The van der Waals surface area contributed by atoms with Crippen LogP contribution in [-0.4, -0.2) is 53.6 Å². The summed E-state index contributed by atoms with van der Waals surface area (Å²) in [5.41, 5.74) is 0. The molecule has 0 radical (unpaired) electrons. The standard InChI is InChI=1S/C6H12O5/c1-10-6-5(9)4(8)3(2-7)11-6/h3-9H,2H2,1H3/t3-,4-,5+,6?/m1/s1/i1D. The lowest BCUT2D eigenvalue weighted by Gasteiger charge is -2.11. The summed E-state index contributed by atoms with van der Waals surface area (Å²) in [7, 11) is -0.355. The fourth-order valence-electron chi connectivity index (χ4n) is 1.00. The summed E-state index contributed by atoms with van der Waals surface area (Å²) in [6, 6.07) is 0. The number of ether oxygens (including phenoxy) is 2. The summed E-state index contributed by atoms with van der Waals surface area (Å²) in [6.07, 6.45) is -4.16. The van der Waals surface area contributed by atoms with Gasteiger partial charge in [0, 0.05) is 7.09 Å². The van der Waals surface area contributed by atoms with Crippen molar-refractivity contribution in [1.82, 2.24) is 0 Å². The summed E-state index contributed by atoms with van der Waals surface area (Å²) in [6.45, 7) is -0.379. The second-order valence-corrected chi connectivity index (χ2v) is 2.37. The van der Waals surface area contributed by atoms with Crippen LogP contribution >= 0.6 is 0 Å². The fraction of sp³-hybridized carbons (Fsp3) is 1.00. The molecule has 1 fully saturated rings. The van der Waals surface area contributed by atoms with E-state index >= 15 is 0 Å². The molecule has 0 aromatic heterocycles. The van der Waals surface area contributed by atoms with Gasteiger partial charge in [0.15, 0.2) is 6.29 Å². The van der Waals surface area contributed by atoms with Crippen molar-refractivity contribution in [3.05, 3.63) is 0 Å². The second-order valence-electron chi connectivity index (χ2n) is 2.37. The highest BCUT2D eigenvalue weighted by Gasteiger charge is 2.42. The van der Waals surface area contributed by atoms with Crippen LogP contribution in [-0.2, 0) is 9.47 Å². The number of hydrogen-bond donors (Lipinski definition) is 3. The molecule has 1 rings (SSSR count). The number of aliphatic hydroxyl groups excluding tert-OH is 3. The smallest absolute Gasteiger partial charge is 0.186 e. The van der Waals surface area contributed by atoms with Gasteiger partial charge in [0.05, 0.1) is 7.98 Å². The van der Waals surface area contributed by atoms with E-state index in [0.717, 1.165) is 0 Å². The number of rotatable bonds is 2. The van der Waals surface area contributed by atoms with Crippen molar-refractivity contribution in [3.63, 3.8) is 0 Å². The highest BCUT2D eigenvalue weighted by molar-refractivity contribution is 4.85. The Morgan fingerprint density at radius 1 is 1.55 bits per heavy atom. The van der Waals surface area contributed by atoms with E-state index in [1.165, 1.54) is 0 Å². The van der Waals surface area contributed by atoms with Gasteiger partial charge in [-0.1, -0.05) is 0 Å². The van der Waals surface area contributed by atoms with E-state index in [9.17, 15) is 10.2 Å². The third kappa shape index (κ3) is 1.52. The summed E-state index contributed by atoms with van der Waals surface area (Å²) < 4.78 is 16.2. The van der Waals surface area contributed by atoms with Crippen molar-refractivity contribution in [2.45, 2.75) is 24.6 Å². The molecule has 3 N–H and O–H groups in total. The zero-order valence-electron chi connectivity index (χ0n) is 6.88. The average molecular weight is 165 g/mol. The van der Waals surface area contributed by atoms with E-state index < -0.39 is 24.6 Å². The minimum absolute atomic E-state index is 0.355. The Morgan fingerprint density at radius 3 is 2.73 bits per heavy atom. The minimum atomic E-state index is -1.19. The number of hydrogen-bond acceptors (Lipinski definition) is 5. The van der Waals surface area contributed by atoms with E-state index in [0.29, 0.717) is 0 Å². The molecule has 66 valence electrons. The lowest BCUT2D eigenvalue weighted by molar-refractivity contribution is -0.153. The lowest BCUT2D eigenvalue weighted by Crippen LogP contribution is -2.34. The van der Waals surface area contributed by atoms with Gasteiger partial charge in [0.25, 0.3) is 0 Å². The quantitative estimate of drug-likeness (QED) is 0.444. The molecule has 1 aliphatic rings. The highest BCUT2D eigenvalue weighted by Crippen LogP contribution is 2.20. The van der Waals surface area contributed by atoms with Gasteiger partial charge in [-0.25, -0.2) is 0 Å². The summed E-state index contributed by atoms with van der Waals surface area (Å²) in [5, 5.41) is 27.0. The molecule has 1 unspecified atom stereocenters. The molecule has 11 heavy (non-hydrogen) atoms. The Bertz CT molecular complexity index is 144. The van der Waals surface area contributed by atoms with E-state index in [2.05, 4.69) is 4.74 Å². The van der Waals surface area contributed by atoms with Crippen molar-refractivity contribution < 1.29 is 26.2 Å². The molecule has 5 nitrogen and oxygen atoms in total. The van der Waals surface area contributed by atoms with Gasteiger partial charge in [-0.2, -0.15) is 0 Å². The first-order valence-corrected chi connectivity index (χ1v) is 3.24. The maximum atomic E-state index is 9.20. The van der Waals surface area contributed by atoms with Crippen molar-refractivity contribution in [2.24, 2.45) is 0 Å². The molecule has 4 atom stereocenters. The van der Waals surface area contributed by atoms with E-state index in [-0.39, 0.29) is 13.7 Å². The SMILES string of the molecule is [2H]COC1O[C@H](CO)[C@@H](O)[C@@H]1O. The van der Waals surface area contributed by atoms with E-state index in [1.807, 2.05) is 0 Å². The van der Waals surface area contributed by atoms with Gasteiger partial charge in [0.1, 0.15) is 18.3 Å². The topological polar surface area (TPSA) is 79.2 Å². The molecule has 1 aliphatic heterocycles. The number of methoxy groups -OCH3 is 1. The van der Waals surface area contributed by atoms with Crippen LogP contribution < -0.4 is 0 Å². The van der Waals surface area contributed by atoms with Crippen LogP contribution in [0.4, 0.5) is 0 Å².